The maximum Gasteiger partial charge on any atom is 0.164 e. The molecule has 1 spiro atoms. The Bertz CT molecular complexity index is 4930. The number of hydrogen-bond acceptors (Lipinski definition) is 6. The molecule has 2 aliphatic rings. The molecule has 0 saturated carbocycles. The predicted molar refractivity (Wildman–Crippen MR) is 316 cm³/mol. The zero-order valence-corrected chi connectivity index (χ0v) is 42.2. The van der Waals surface area contributed by atoms with Gasteiger partial charge in [0.15, 0.2) is 17.5 Å². The van der Waals surface area contributed by atoms with Crippen LogP contribution in [0.2, 0.25) is 0 Å². The number of nitrogens with zero attached hydrogens (tertiary/aromatic N) is 3. The molecule has 0 aliphatic heterocycles. The van der Waals surface area contributed by atoms with Crippen molar-refractivity contribution in [2.45, 2.75) is 5.41 Å². The summed E-state index contributed by atoms with van der Waals surface area (Å²) in [5.74, 6) is 1.85. The highest BCUT2D eigenvalue weighted by molar-refractivity contribution is 7.26. The Kier molecular flexibility index (Phi) is 8.77. The van der Waals surface area contributed by atoms with E-state index >= 15 is 0 Å². The number of thiophene rings is 2. The van der Waals surface area contributed by atoms with Gasteiger partial charge in [0.2, 0.25) is 0 Å². The Morgan fingerprint density at radius 2 is 0.763 bits per heavy atom. The summed E-state index contributed by atoms with van der Waals surface area (Å²) in [6, 6.07) is 86.2. The van der Waals surface area contributed by atoms with Gasteiger partial charge in [-0.15, -0.1) is 22.7 Å². The van der Waals surface area contributed by atoms with Gasteiger partial charge >= 0.3 is 0 Å². The van der Waals surface area contributed by atoms with E-state index in [0.717, 1.165) is 60.7 Å². The average Bonchev–Trinajstić information content (AvgIpc) is 4.33. The lowest BCUT2D eigenvalue weighted by Gasteiger charge is -2.30. The van der Waals surface area contributed by atoms with Gasteiger partial charge in [-0.25, -0.2) is 15.0 Å². The fraction of sp³-hybridized carbons (Fsp3) is 0.0143. The molecule has 15 aromatic rings. The van der Waals surface area contributed by atoms with Gasteiger partial charge in [-0.2, -0.15) is 0 Å². The number of aromatic nitrogens is 3. The molecular weight excluding hydrogens is 963 g/mol. The summed E-state index contributed by atoms with van der Waals surface area (Å²) in [6.07, 6.45) is 0. The van der Waals surface area contributed by atoms with E-state index < -0.39 is 0 Å². The lowest BCUT2D eigenvalue weighted by molar-refractivity contribution is 0.669. The first-order valence-corrected chi connectivity index (χ1v) is 27.4. The second-order valence-corrected chi connectivity index (χ2v) is 22.3. The third-order valence-corrected chi connectivity index (χ3v) is 18.5. The van der Waals surface area contributed by atoms with Crippen LogP contribution in [0.4, 0.5) is 0 Å². The monoisotopic (exact) mass is 1000 g/mol. The van der Waals surface area contributed by atoms with Crippen LogP contribution < -0.4 is 0 Å². The summed E-state index contributed by atoms with van der Waals surface area (Å²) in [7, 11) is 0. The molecule has 0 unspecified atom stereocenters. The van der Waals surface area contributed by atoms with Crippen molar-refractivity contribution in [3.05, 3.63) is 259 Å². The first-order valence-electron chi connectivity index (χ1n) is 25.7. The molecule has 6 heteroatoms. The molecule has 11 aromatic carbocycles. The lowest BCUT2D eigenvalue weighted by atomic mass is 9.70. The summed E-state index contributed by atoms with van der Waals surface area (Å²) in [5.41, 5.74) is 19.2. The van der Waals surface area contributed by atoms with Crippen molar-refractivity contribution >= 4 is 85.0 Å². The van der Waals surface area contributed by atoms with Crippen molar-refractivity contribution in [3.8, 4) is 78.7 Å². The summed E-state index contributed by atoms with van der Waals surface area (Å²) < 4.78 is 11.6. The molecule has 0 fully saturated rings. The van der Waals surface area contributed by atoms with Crippen molar-refractivity contribution in [3.63, 3.8) is 0 Å². The van der Waals surface area contributed by atoms with E-state index in [-0.39, 0.29) is 5.41 Å². The third-order valence-electron chi connectivity index (χ3n) is 16.2. The van der Waals surface area contributed by atoms with Crippen LogP contribution in [0.1, 0.15) is 22.3 Å². The van der Waals surface area contributed by atoms with Crippen molar-refractivity contribution in [2.24, 2.45) is 0 Å². The topological polar surface area (TPSA) is 51.8 Å². The Labute approximate surface area is 444 Å². The van der Waals surface area contributed by atoms with Crippen LogP contribution in [0.15, 0.2) is 241 Å². The van der Waals surface area contributed by atoms with Crippen molar-refractivity contribution in [2.75, 3.05) is 0 Å². The number of furan rings is 1. The number of fused-ring (bicyclic) bond motifs is 19. The first-order chi connectivity index (χ1) is 37.6. The maximum absolute atomic E-state index is 6.69. The Balaban J connectivity index is 0.812. The second kappa shape index (κ2) is 15.8. The molecule has 76 heavy (non-hydrogen) atoms. The minimum atomic E-state index is -0.369. The fourth-order valence-electron chi connectivity index (χ4n) is 12.9. The summed E-state index contributed by atoms with van der Waals surface area (Å²) in [4.78, 5) is 16.2. The fourth-order valence-corrected chi connectivity index (χ4v) is 15.1. The molecule has 4 aromatic heterocycles. The highest BCUT2D eigenvalue weighted by Gasteiger charge is 2.51. The van der Waals surface area contributed by atoms with Crippen LogP contribution in [-0.4, -0.2) is 15.0 Å². The molecule has 0 bridgehead atoms. The van der Waals surface area contributed by atoms with E-state index in [0.29, 0.717) is 17.5 Å². The molecule has 4 nitrogen and oxygen atoms in total. The Hall–Kier alpha value is -9.33. The van der Waals surface area contributed by atoms with Gasteiger partial charge in [-0.1, -0.05) is 170 Å². The second-order valence-electron chi connectivity index (χ2n) is 20.1. The smallest absolute Gasteiger partial charge is 0.164 e. The summed E-state index contributed by atoms with van der Waals surface area (Å²) in [6.45, 7) is 0. The molecule has 352 valence electrons. The zero-order chi connectivity index (χ0) is 49.6. The molecule has 17 rings (SSSR count). The lowest BCUT2D eigenvalue weighted by Crippen LogP contribution is -2.25. The van der Waals surface area contributed by atoms with Crippen LogP contribution in [0.5, 0.6) is 0 Å². The van der Waals surface area contributed by atoms with Crippen molar-refractivity contribution in [1.29, 1.82) is 0 Å². The normalized spacial score (nSPS) is 13.1. The standard InChI is InChI=1S/C70H39N3OS2/c1-6-23-55-45(16-1)46-17-2-7-24-56(46)70(55)57-25-8-3-18-47(57)52-37-42(30-33-58(52)70)40-14-11-15-41(36-40)43-31-34-59-54(38-43)65-50(21-12-26-60(65)74-59)68-71-67(44-32-35-63-53(39-44)48-19-4-9-27-61(48)75-63)72-69(73-68)51-22-13-29-64-66(51)49-20-5-10-28-62(49)76-64/h1-39H. The SMILES string of the molecule is c1cc(-c2ccc3c(c2)-c2ccccc2C32c3ccccc3-c3ccccc32)cc(-c2ccc3oc4cccc(-c5nc(-c6ccc7sc8ccccc8c7c6)nc(-c6cccc7sc8ccccc8c67)n5)c4c3c2)c1. The highest BCUT2D eigenvalue weighted by atomic mass is 32.1. The Morgan fingerprint density at radius 1 is 0.276 bits per heavy atom. The molecule has 0 atom stereocenters. The Morgan fingerprint density at radius 3 is 1.51 bits per heavy atom. The van der Waals surface area contributed by atoms with E-state index in [1.807, 2.05) is 17.4 Å². The minimum Gasteiger partial charge on any atom is -0.456 e. The third kappa shape index (κ3) is 5.91. The van der Waals surface area contributed by atoms with Gasteiger partial charge in [0.25, 0.3) is 0 Å². The molecular formula is C70H39N3OS2. The van der Waals surface area contributed by atoms with Gasteiger partial charge in [-0.3, -0.25) is 0 Å². The van der Waals surface area contributed by atoms with Gasteiger partial charge in [0.1, 0.15) is 11.2 Å². The van der Waals surface area contributed by atoms with Crippen molar-refractivity contribution in [1.82, 2.24) is 15.0 Å². The molecule has 4 heterocycles. The average molecular weight is 1000 g/mol. The summed E-state index contributed by atoms with van der Waals surface area (Å²) in [5, 5.41) is 6.76. The molecule has 0 radical (unpaired) electrons. The van der Waals surface area contributed by atoms with E-state index in [2.05, 4.69) is 231 Å². The van der Waals surface area contributed by atoms with E-state index in [1.165, 1.54) is 85.0 Å². The van der Waals surface area contributed by atoms with E-state index in [4.69, 9.17) is 19.4 Å². The molecule has 0 N–H and O–H groups in total. The van der Waals surface area contributed by atoms with Gasteiger partial charge in [0.05, 0.1) is 5.41 Å². The van der Waals surface area contributed by atoms with Crippen LogP contribution in [0.3, 0.4) is 0 Å². The molecule has 2 aliphatic carbocycles. The molecule has 0 amide bonds. The van der Waals surface area contributed by atoms with Gasteiger partial charge in [0, 0.05) is 67.8 Å². The summed E-state index contributed by atoms with van der Waals surface area (Å²) >= 11 is 3.61. The van der Waals surface area contributed by atoms with E-state index in [1.54, 1.807) is 11.3 Å². The van der Waals surface area contributed by atoms with Crippen LogP contribution in [0, 0.1) is 0 Å². The number of rotatable bonds is 5. The minimum absolute atomic E-state index is 0.369. The zero-order valence-electron chi connectivity index (χ0n) is 40.6. The van der Waals surface area contributed by atoms with Crippen LogP contribution in [0.25, 0.3) is 141 Å². The quantitative estimate of drug-likeness (QED) is 0.172. The van der Waals surface area contributed by atoms with Gasteiger partial charge in [-0.05, 0) is 133 Å². The van der Waals surface area contributed by atoms with Crippen LogP contribution in [-0.2, 0) is 5.41 Å². The predicted octanol–water partition coefficient (Wildman–Crippen LogP) is 19.2. The van der Waals surface area contributed by atoms with Crippen LogP contribution >= 0.6 is 22.7 Å². The highest BCUT2D eigenvalue weighted by Crippen LogP contribution is 2.63. The van der Waals surface area contributed by atoms with Gasteiger partial charge < -0.3 is 4.42 Å². The van der Waals surface area contributed by atoms with E-state index in [9.17, 15) is 0 Å². The first kappa shape index (κ1) is 42.1. The maximum atomic E-state index is 6.69. The number of hydrogen-bond donors (Lipinski definition) is 0. The number of benzene rings is 11. The molecule has 0 saturated heterocycles. The largest absolute Gasteiger partial charge is 0.456 e. The van der Waals surface area contributed by atoms with Crippen molar-refractivity contribution < 1.29 is 4.42 Å².